The summed E-state index contributed by atoms with van der Waals surface area (Å²) >= 11 is 0. The maximum atomic E-state index is 11.9. The number of imidazole rings is 1. The molecule has 2 aromatic heterocycles. The molecule has 2 atom stereocenters. The van der Waals surface area contributed by atoms with E-state index < -0.39 is 0 Å². The highest BCUT2D eigenvalue weighted by atomic mass is 16.1. The normalized spacial score (nSPS) is 17.8. The first-order valence-corrected chi connectivity index (χ1v) is 10.1. The molecule has 4 aromatic rings. The molecule has 0 saturated carbocycles. The van der Waals surface area contributed by atoms with Crippen molar-refractivity contribution in [3.05, 3.63) is 65.1 Å². The predicted octanol–water partition coefficient (Wildman–Crippen LogP) is 3.22. The quantitative estimate of drug-likeness (QED) is 0.382. The Morgan fingerprint density at radius 3 is 2.77 bits per heavy atom. The lowest BCUT2D eigenvalue weighted by Gasteiger charge is -2.20. The van der Waals surface area contributed by atoms with Gasteiger partial charge in [-0.15, -0.1) is 6.42 Å². The monoisotopic (exact) mass is 410 g/mol. The van der Waals surface area contributed by atoms with Crippen LogP contribution in [-0.2, 0) is 7.05 Å². The minimum atomic E-state index is -0.0862. The van der Waals surface area contributed by atoms with E-state index in [-0.39, 0.29) is 12.1 Å². The standard InChI is InChI=1S/C24H22N6O/c1-5-15-7-6-8-17(14-31)23(15)21-12-22(28(2)3)24-26-18-10-9-16(11-20(18)30(21)24)19-13-25-29(4)27-19/h1,6-11,13-14,21-22H,12H2,2-4H3. The Kier molecular flexibility index (Phi) is 4.45. The van der Waals surface area contributed by atoms with E-state index in [4.69, 9.17) is 11.4 Å². The summed E-state index contributed by atoms with van der Waals surface area (Å²) in [5.41, 5.74) is 5.92. The number of benzene rings is 2. The molecule has 0 spiro atoms. The number of rotatable bonds is 4. The number of aryl methyl sites for hydroxylation is 1. The second kappa shape index (κ2) is 7.18. The van der Waals surface area contributed by atoms with Crippen LogP contribution in [0.4, 0.5) is 0 Å². The molecule has 2 aromatic carbocycles. The van der Waals surface area contributed by atoms with Gasteiger partial charge in [0, 0.05) is 29.3 Å². The van der Waals surface area contributed by atoms with Crippen LogP contribution in [0.15, 0.2) is 42.6 Å². The van der Waals surface area contributed by atoms with Crippen molar-refractivity contribution >= 4 is 17.3 Å². The maximum absolute atomic E-state index is 11.9. The molecular weight excluding hydrogens is 388 g/mol. The molecule has 0 fully saturated rings. The van der Waals surface area contributed by atoms with Crippen LogP contribution < -0.4 is 0 Å². The number of carbonyl (C=O) groups excluding carboxylic acids is 1. The Labute approximate surface area is 180 Å². The molecular formula is C24H22N6O. The Hall–Kier alpha value is -3.76. The number of aromatic nitrogens is 5. The molecule has 3 heterocycles. The van der Waals surface area contributed by atoms with E-state index in [1.165, 1.54) is 0 Å². The van der Waals surface area contributed by atoms with Gasteiger partial charge in [-0.05, 0) is 38.7 Å². The zero-order chi connectivity index (χ0) is 21.7. The van der Waals surface area contributed by atoms with Gasteiger partial charge in [-0.2, -0.15) is 15.0 Å². The molecule has 0 saturated heterocycles. The van der Waals surface area contributed by atoms with Gasteiger partial charge in [-0.25, -0.2) is 4.98 Å². The first kappa shape index (κ1) is 19.2. The lowest BCUT2D eigenvalue weighted by atomic mass is 9.93. The average molecular weight is 410 g/mol. The van der Waals surface area contributed by atoms with Crippen LogP contribution >= 0.6 is 0 Å². The van der Waals surface area contributed by atoms with Gasteiger partial charge in [0.05, 0.1) is 29.3 Å². The van der Waals surface area contributed by atoms with Crippen molar-refractivity contribution in [1.82, 2.24) is 29.4 Å². The lowest BCUT2D eigenvalue weighted by Crippen LogP contribution is -2.18. The SMILES string of the molecule is C#Cc1cccc(C=O)c1C1CC(N(C)C)c2nc3ccc(-c4cnn(C)n4)cc3n21. The van der Waals surface area contributed by atoms with Crippen molar-refractivity contribution in [3.8, 4) is 23.6 Å². The molecule has 7 nitrogen and oxygen atoms in total. The van der Waals surface area contributed by atoms with E-state index >= 15 is 0 Å². The summed E-state index contributed by atoms with van der Waals surface area (Å²) in [6, 6.07) is 11.7. The zero-order valence-electron chi connectivity index (χ0n) is 17.6. The third kappa shape index (κ3) is 2.95. The highest BCUT2D eigenvalue weighted by Crippen LogP contribution is 2.45. The van der Waals surface area contributed by atoms with Crippen LogP contribution in [0.2, 0.25) is 0 Å². The predicted molar refractivity (Wildman–Crippen MR) is 119 cm³/mol. The summed E-state index contributed by atoms with van der Waals surface area (Å²) in [7, 11) is 5.90. The van der Waals surface area contributed by atoms with Crippen molar-refractivity contribution in [3.63, 3.8) is 0 Å². The Morgan fingerprint density at radius 1 is 1.26 bits per heavy atom. The first-order valence-electron chi connectivity index (χ1n) is 10.1. The molecule has 7 heteroatoms. The van der Waals surface area contributed by atoms with E-state index in [2.05, 4.69) is 45.7 Å². The number of aldehydes is 1. The van der Waals surface area contributed by atoms with Gasteiger partial charge in [-0.1, -0.05) is 24.1 Å². The van der Waals surface area contributed by atoms with Crippen LogP contribution in [-0.4, -0.2) is 49.8 Å². The van der Waals surface area contributed by atoms with Crippen molar-refractivity contribution in [2.75, 3.05) is 14.1 Å². The summed E-state index contributed by atoms with van der Waals surface area (Å²) < 4.78 is 2.24. The third-order valence-corrected chi connectivity index (χ3v) is 6.05. The number of fused-ring (bicyclic) bond motifs is 3. The fourth-order valence-corrected chi connectivity index (χ4v) is 4.61. The number of hydrogen-bond acceptors (Lipinski definition) is 5. The minimum absolute atomic E-state index is 0.0862. The number of hydrogen-bond donors (Lipinski definition) is 0. The molecule has 154 valence electrons. The average Bonchev–Trinajstić information content (AvgIpc) is 3.46. The molecule has 2 unspecified atom stereocenters. The lowest BCUT2D eigenvalue weighted by molar-refractivity contribution is 0.112. The Morgan fingerprint density at radius 2 is 2.10 bits per heavy atom. The van der Waals surface area contributed by atoms with Gasteiger partial charge in [0.1, 0.15) is 17.8 Å². The van der Waals surface area contributed by atoms with Gasteiger partial charge in [0.25, 0.3) is 0 Å². The van der Waals surface area contributed by atoms with Gasteiger partial charge >= 0.3 is 0 Å². The van der Waals surface area contributed by atoms with Crippen molar-refractivity contribution in [1.29, 1.82) is 0 Å². The molecule has 0 bridgehead atoms. The maximum Gasteiger partial charge on any atom is 0.150 e. The number of carbonyl (C=O) groups is 1. The van der Waals surface area contributed by atoms with Gasteiger partial charge in [-0.3, -0.25) is 9.69 Å². The minimum Gasteiger partial charge on any atom is -0.319 e. The Balaban J connectivity index is 1.77. The van der Waals surface area contributed by atoms with Crippen molar-refractivity contribution in [2.45, 2.75) is 18.5 Å². The van der Waals surface area contributed by atoms with Crippen LogP contribution in [0.3, 0.4) is 0 Å². The van der Waals surface area contributed by atoms with E-state index in [1.54, 1.807) is 18.0 Å². The molecule has 1 aliphatic heterocycles. The van der Waals surface area contributed by atoms with Crippen molar-refractivity contribution < 1.29 is 4.79 Å². The van der Waals surface area contributed by atoms with E-state index in [0.717, 1.165) is 51.9 Å². The van der Waals surface area contributed by atoms with Crippen LogP contribution in [0, 0.1) is 12.3 Å². The second-order valence-corrected chi connectivity index (χ2v) is 8.06. The largest absolute Gasteiger partial charge is 0.319 e. The summed E-state index contributed by atoms with van der Waals surface area (Å²) in [6.07, 6.45) is 9.26. The first-order chi connectivity index (χ1) is 15.0. The molecule has 0 aliphatic carbocycles. The Bertz CT molecular complexity index is 1360. The third-order valence-electron chi connectivity index (χ3n) is 6.05. The highest BCUT2D eigenvalue weighted by Gasteiger charge is 2.38. The smallest absolute Gasteiger partial charge is 0.150 e. The van der Waals surface area contributed by atoms with E-state index in [1.807, 2.05) is 30.3 Å². The summed E-state index contributed by atoms with van der Waals surface area (Å²) in [5.74, 6) is 3.75. The summed E-state index contributed by atoms with van der Waals surface area (Å²) in [6.45, 7) is 0. The second-order valence-electron chi connectivity index (χ2n) is 8.06. The van der Waals surface area contributed by atoms with Crippen molar-refractivity contribution in [2.24, 2.45) is 7.05 Å². The topological polar surface area (TPSA) is 68.8 Å². The van der Waals surface area contributed by atoms with E-state index in [9.17, 15) is 4.79 Å². The fraction of sp³-hybridized carbons (Fsp3) is 0.250. The zero-order valence-corrected chi connectivity index (χ0v) is 17.6. The number of terminal acetylenes is 1. The van der Waals surface area contributed by atoms with Crippen LogP contribution in [0.25, 0.3) is 22.3 Å². The highest BCUT2D eigenvalue weighted by molar-refractivity contribution is 5.84. The van der Waals surface area contributed by atoms with E-state index in [0.29, 0.717) is 5.56 Å². The van der Waals surface area contributed by atoms with Gasteiger partial charge < -0.3 is 4.57 Å². The molecule has 0 N–H and O–H groups in total. The summed E-state index contributed by atoms with van der Waals surface area (Å²) in [5, 5.41) is 8.63. The molecule has 1 aliphatic rings. The van der Waals surface area contributed by atoms with Gasteiger partial charge in [0.2, 0.25) is 0 Å². The molecule has 0 radical (unpaired) electrons. The fourth-order valence-electron chi connectivity index (χ4n) is 4.61. The number of nitrogens with zero attached hydrogens (tertiary/aromatic N) is 6. The van der Waals surface area contributed by atoms with Crippen LogP contribution in [0.1, 0.15) is 45.8 Å². The summed E-state index contributed by atoms with van der Waals surface area (Å²) in [4.78, 5) is 20.6. The molecule has 0 amide bonds. The molecule has 5 rings (SSSR count). The van der Waals surface area contributed by atoms with Crippen LogP contribution in [0.5, 0.6) is 0 Å². The van der Waals surface area contributed by atoms with Gasteiger partial charge in [0.15, 0.2) is 0 Å². The molecule has 31 heavy (non-hydrogen) atoms.